The average molecular weight is 396 g/mol. The third-order valence-corrected chi connectivity index (χ3v) is 5.93. The average Bonchev–Trinajstić information content (AvgIpc) is 3.33. The summed E-state index contributed by atoms with van der Waals surface area (Å²) in [6.07, 6.45) is 6.51. The standard InChI is InChI=1S/C20H17FN4O2S/c1-2-24-12-22-11-18(24)19-10-17-20(28-19)14(7-8-23-17)4-3-13-5-6-15(25(26)27)9-16(13)21/h5-12H,2-4H2,1H3. The molecule has 0 saturated carbocycles. The van der Waals surface area contributed by atoms with Crippen LogP contribution in [0.5, 0.6) is 0 Å². The fourth-order valence-electron chi connectivity index (χ4n) is 3.21. The van der Waals surface area contributed by atoms with Gasteiger partial charge >= 0.3 is 0 Å². The largest absolute Gasteiger partial charge is 0.330 e. The minimum atomic E-state index is -0.590. The van der Waals surface area contributed by atoms with Crippen molar-refractivity contribution in [3.8, 4) is 10.6 Å². The number of nitrogens with zero attached hydrogens (tertiary/aromatic N) is 4. The molecule has 0 fully saturated rings. The molecule has 28 heavy (non-hydrogen) atoms. The van der Waals surface area contributed by atoms with Crippen LogP contribution in [0.4, 0.5) is 10.1 Å². The molecule has 0 bridgehead atoms. The van der Waals surface area contributed by atoms with Crippen LogP contribution in [0.1, 0.15) is 18.1 Å². The summed E-state index contributed by atoms with van der Waals surface area (Å²) in [5.41, 5.74) is 3.28. The Kier molecular flexibility index (Phi) is 4.87. The molecule has 0 N–H and O–H groups in total. The van der Waals surface area contributed by atoms with Crippen LogP contribution in [0.2, 0.25) is 0 Å². The van der Waals surface area contributed by atoms with Gasteiger partial charge in [-0.2, -0.15) is 0 Å². The maximum atomic E-state index is 14.2. The van der Waals surface area contributed by atoms with Gasteiger partial charge in [0, 0.05) is 18.8 Å². The number of thiophene rings is 1. The second-order valence-electron chi connectivity index (χ2n) is 6.39. The van der Waals surface area contributed by atoms with E-state index in [4.69, 9.17) is 0 Å². The maximum absolute atomic E-state index is 14.2. The minimum absolute atomic E-state index is 0.233. The molecule has 0 unspecified atom stereocenters. The first kappa shape index (κ1) is 18.2. The summed E-state index contributed by atoms with van der Waals surface area (Å²) in [6, 6.07) is 7.82. The minimum Gasteiger partial charge on any atom is -0.330 e. The lowest BCUT2D eigenvalue weighted by Gasteiger charge is -2.05. The van der Waals surface area contributed by atoms with Crippen molar-refractivity contribution in [2.75, 3.05) is 0 Å². The number of aryl methyl sites for hydroxylation is 3. The van der Waals surface area contributed by atoms with Gasteiger partial charge in [0.05, 0.1) is 44.3 Å². The van der Waals surface area contributed by atoms with Gasteiger partial charge in [-0.3, -0.25) is 15.1 Å². The fraction of sp³-hybridized carbons (Fsp3) is 0.200. The second kappa shape index (κ2) is 7.47. The van der Waals surface area contributed by atoms with Gasteiger partial charge in [-0.25, -0.2) is 9.37 Å². The summed E-state index contributed by atoms with van der Waals surface area (Å²) in [5, 5.41) is 10.8. The van der Waals surface area contributed by atoms with Crippen LogP contribution in [0.25, 0.3) is 20.8 Å². The van der Waals surface area contributed by atoms with E-state index in [0.717, 1.165) is 39.0 Å². The topological polar surface area (TPSA) is 73.8 Å². The Morgan fingerprint density at radius 1 is 1.21 bits per heavy atom. The Morgan fingerprint density at radius 2 is 2.04 bits per heavy atom. The number of fused-ring (bicyclic) bond motifs is 1. The molecule has 0 atom stereocenters. The highest BCUT2D eigenvalue weighted by Crippen LogP contribution is 2.35. The molecule has 0 aliphatic carbocycles. The van der Waals surface area contributed by atoms with E-state index in [0.29, 0.717) is 18.4 Å². The first-order chi connectivity index (χ1) is 13.6. The molecule has 8 heteroatoms. The molecule has 0 aliphatic heterocycles. The molecule has 142 valence electrons. The fourth-order valence-corrected chi connectivity index (χ4v) is 4.40. The Morgan fingerprint density at radius 3 is 2.79 bits per heavy atom. The Labute approximate surface area is 164 Å². The summed E-state index contributed by atoms with van der Waals surface area (Å²) in [7, 11) is 0. The van der Waals surface area contributed by atoms with Gasteiger partial charge in [0.1, 0.15) is 5.82 Å². The van der Waals surface area contributed by atoms with Crippen molar-refractivity contribution >= 4 is 27.2 Å². The summed E-state index contributed by atoms with van der Waals surface area (Å²) < 4.78 is 17.3. The zero-order valence-electron chi connectivity index (χ0n) is 15.1. The van der Waals surface area contributed by atoms with Crippen LogP contribution in [0.15, 0.2) is 49.1 Å². The Bertz CT molecular complexity index is 1170. The van der Waals surface area contributed by atoms with E-state index in [-0.39, 0.29) is 5.69 Å². The number of hydrogen-bond acceptors (Lipinski definition) is 5. The molecule has 4 rings (SSSR count). The van der Waals surface area contributed by atoms with Gasteiger partial charge in [-0.05, 0) is 49.1 Å². The summed E-state index contributed by atoms with van der Waals surface area (Å²) >= 11 is 1.65. The molecule has 6 nitrogen and oxygen atoms in total. The molecule has 3 aromatic heterocycles. The van der Waals surface area contributed by atoms with E-state index in [1.165, 1.54) is 12.1 Å². The highest BCUT2D eigenvalue weighted by atomic mass is 32.1. The summed E-state index contributed by atoms with van der Waals surface area (Å²) in [5.74, 6) is -0.543. The number of non-ortho nitro benzene ring substituents is 1. The SMILES string of the molecule is CCn1cncc1-c1cc2nccc(CCc3ccc([N+](=O)[O-])cc3F)c2s1. The van der Waals surface area contributed by atoms with Gasteiger partial charge in [0.25, 0.3) is 5.69 Å². The van der Waals surface area contributed by atoms with Crippen LogP contribution in [0, 0.1) is 15.9 Å². The number of nitro groups is 1. The number of hydrogen-bond donors (Lipinski definition) is 0. The number of aromatic nitrogens is 3. The molecule has 0 aliphatic rings. The van der Waals surface area contributed by atoms with Crippen LogP contribution < -0.4 is 0 Å². The second-order valence-corrected chi connectivity index (χ2v) is 7.45. The highest BCUT2D eigenvalue weighted by Gasteiger charge is 2.14. The number of imidazole rings is 1. The molecule has 3 heterocycles. The zero-order valence-corrected chi connectivity index (χ0v) is 15.9. The van der Waals surface area contributed by atoms with Gasteiger partial charge < -0.3 is 4.57 Å². The lowest BCUT2D eigenvalue weighted by molar-refractivity contribution is -0.385. The van der Waals surface area contributed by atoms with E-state index in [2.05, 4.69) is 27.5 Å². The third kappa shape index (κ3) is 3.38. The third-order valence-electron chi connectivity index (χ3n) is 4.71. The number of halogens is 1. The smallest absolute Gasteiger partial charge is 0.272 e. The number of nitro benzene ring substituents is 1. The van der Waals surface area contributed by atoms with Gasteiger partial charge in [-0.1, -0.05) is 0 Å². The predicted molar refractivity (Wildman–Crippen MR) is 107 cm³/mol. The maximum Gasteiger partial charge on any atom is 0.272 e. The Balaban J connectivity index is 1.62. The van der Waals surface area contributed by atoms with Crippen molar-refractivity contribution in [3.63, 3.8) is 0 Å². The van der Waals surface area contributed by atoms with Gasteiger partial charge in [-0.15, -0.1) is 11.3 Å². The van der Waals surface area contributed by atoms with Crippen molar-refractivity contribution in [2.45, 2.75) is 26.3 Å². The van der Waals surface area contributed by atoms with E-state index >= 15 is 0 Å². The quantitative estimate of drug-likeness (QED) is 0.339. The van der Waals surface area contributed by atoms with Gasteiger partial charge in [0.2, 0.25) is 0 Å². The predicted octanol–water partition coefficient (Wildman–Crippen LogP) is 5.01. The molecular weight excluding hydrogens is 379 g/mol. The van der Waals surface area contributed by atoms with E-state index in [1.807, 2.05) is 18.6 Å². The molecule has 0 radical (unpaired) electrons. The Hall–Kier alpha value is -3.13. The van der Waals surface area contributed by atoms with E-state index < -0.39 is 10.7 Å². The highest BCUT2D eigenvalue weighted by molar-refractivity contribution is 7.22. The van der Waals surface area contributed by atoms with E-state index in [1.54, 1.807) is 17.5 Å². The monoisotopic (exact) mass is 396 g/mol. The van der Waals surface area contributed by atoms with Gasteiger partial charge in [0.15, 0.2) is 0 Å². The van der Waals surface area contributed by atoms with Crippen molar-refractivity contribution in [3.05, 3.63) is 76.1 Å². The normalized spacial score (nSPS) is 11.2. The molecule has 1 aromatic carbocycles. The molecule has 0 saturated heterocycles. The lowest BCUT2D eigenvalue weighted by atomic mass is 10.0. The van der Waals surface area contributed by atoms with Crippen molar-refractivity contribution < 1.29 is 9.31 Å². The molecule has 0 spiro atoms. The van der Waals surface area contributed by atoms with Crippen LogP contribution >= 0.6 is 11.3 Å². The van der Waals surface area contributed by atoms with Crippen LogP contribution in [-0.2, 0) is 19.4 Å². The molecular formula is C20H17FN4O2S. The number of rotatable bonds is 6. The van der Waals surface area contributed by atoms with E-state index in [9.17, 15) is 14.5 Å². The number of benzene rings is 1. The van der Waals surface area contributed by atoms with Crippen molar-refractivity contribution in [2.24, 2.45) is 0 Å². The first-order valence-corrected chi connectivity index (χ1v) is 9.69. The van der Waals surface area contributed by atoms with Crippen LogP contribution in [0.3, 0.4) is 0 Å². The van der Waals surface area contributed by atoms with Crippen LogP contribution in [-0.4, -0.2) is 19.5 Å². The summed E-state index contributed by atoms with van der Waals surface area (Å²) in [4.78, 5) is 20.0. The first-order valence-electron chi connectivity index (χ1n) is 8.87. The molecule has 4 aromatic rings. The molecule has 0 amide bonds. The zero-order chi connectivity index (χ0) is 19.7. The van der Waals surface area contributed by atoms with Crippen molar-refractivity contribution in [1.29, 1.82) is 0 Å². The van der Waals surface area contributed by atoms with Crippen molar-refractivity contribution in [1.82, 2.24) is 14.5 Å². The lowest BCUT2D eigenvalue weighted by Crippen LogP contribution is -1.97. The number of pyridine rings is 1. The summed E-state index contributed by atoms with van der Waals surface area (Å²) in [6.45, 7) is 2.91.